The average molecular weight is 441 g/mol. The van der Waals surface area contributed by atoms with Gasteiger partial charge in [0.15, 0.2) is 0 Å². The number of carbonyl (C=O) groups is 2. The van der Waals surface area contributed by atoms with Gasteiger partial charge in [-0.3, -0.25) is 9.59 Å². The molecule has 1 heterocycles. The number of likely N-dealkylation sites (tertiary alicyclic amines) is 1. The molecule has 1 atom stereocenters. The Labute approximate surface area is 187 Å². The molecule has 0 bridgehead atoms. The molecule has 0 radical (unpaired) electrons. The van der Waals surface area contributed by atoms with E-state index in [1.54, 1.807) is 56.7 Å². The molecule has 0 spiro atoms. The van der Waals surface area contributed by atoms with Gasteiger partial charge in [0.2, 0.25) is 0 Å². The molecule has 3 rings (SSSR count). The van der Waals surface area contributed by atoms with Crippen molar-refractivity contribution in [2.75, 3.05) is 41.6 Å². The Morgan fingerprint density at radius 3 is 2.09 bits per heavy atom. The van der Waals surface area contributed by atoms with Gasteiger partial charge in [-0.1, -0.05) is 18.2 Å². The number of Topliss-reactive ketones (excluding diaryl/α,β-unsaturated/α-hetero) is 1. The Kier molecular flexibility index (Phi) is 7.37. The molecule has 170 valence electrons. The van der Waals surface area contributed by atoms with Gasteiger partial charge in [0, 0.05) is 20.3 Å². The predicted molar refractivity (Wildman–Crippen MR) is 118 cm³/mol. The zero-order valence-electron chi connectivity index (χ0n) is 18.6. The number of nitrogens with zero attached hydrogens (tertiary/aromatic N) is 1. The van der Waals surface area contributed by atoms with E-state index < -0.39 is 17.7 Å². The molecular weight excluding hydrogens is 414 g/mol. The van der Waals surface area contributed by atoms with Gasteiger partial charge in [-0.05, 0) is 36.2 Å². The molecule has 0 saturated carbocycles. The first-order valence-electron chi connectivity index (χ1n) is 10.1. The Bertz CT molecular complexity index is 991. The zero-order valence-corrected chi connectivity index (χ0v) is 18.6. The molecule has 1 fully saturated rings. The van der Waals surface area contributed by atoms with Crippen LogP contribution in [0.1, 0.15) is 23.6 Å². The molecule has 0 aliphatic carbocycles. The van der Waals surface area contributed by atoms with Gasteiger partial charge >= 0.3 is 0 Å². The number of amides is 1. The summed E-state index contributed by atoms with van der Waals surface area (Å²) in [6.07, 6.45) is 0.536. The molecule has 1 aliphatic rings. The Hall–Kier alpha value is -3.52. The van der Waals surface area contributed by atoms with Crippen LogP contribution in [0.2, 0.25) is 0 Å². The second-order valence-electron chi connectivity index (χ2n) is 7.15. The minimum Gasteiger partial charge on any atom is -0.506 e. The van der Waals surface area contributed by atoms with Crippen LogP contribution in [-0.4, -0.2) is 63.3 Å². The lowest BCUT2D eigenvalue weighted by atomic mass is 9.94. The van der Waals surface area contributed by atoms with Gasteiger partial charge in [0.25, 0.3) is 11.7 Å². The fourth-order valence-electron chi connectivity index (χ4n) is 3.84. The summed E-state index contributed by atoms with van der Waals surface area (Å²) in [6.45, 7) is 0.716. The van der Waals surface area contributed by atoms with Crippen LogP contribution in [0.5, 0.6) is 17.2 Å². The largest absolute Gasteiger partial charge is 0.506 e. The Balaban J connectivity index is 2.21. The molecule has 1 saturated heterocycles. The van der Waals surface area contributed by atoms with Crippen molar-refractivity contribution in [1.82, 2.24) is 4.90 Å². The fourth-order valence-corrected chi connectivity index (χ4v) is 3.84. The molecule has 32 heavy (non-hydrogen) atoms. The summed E-state index contributed by atoms with van der Waals surface area (Å²) in [5.74, 6) is -0.531. The van der Waals surface area contributed by atoms with Crippen molar-refractivity contribution in [2.45, 2.75) is 12.5 Å². The number of ether oxygens (including phenoxy) is 4. The second-order valence-corrected chi connectivity index (χ2v) is 7.15. The smallest absolute Gasteiger partial charge is 0.295 e. The van der Waals surface area contributed by atoms with Crippen molar-refractivity contribution in [3.63, 3.8) is 0 Å². The van der Waals surface area contributed by atoms with E-state index in [-0.39, 0.29) is 23.4 Å². The summed E-state index contributed by atoms with van der Waals surface area (Å²) in [4.78, 5) is 27.5. The molecule has 1 N–H and O–H groups in total. The summed E-state index contributed by atoms with van der Waals surface area (Å²) in [6, 6.07) is 11.2. The number of carbonyl (C=O) groups excluding carboxylic acids is 2. The Morgan fingerprint density at radius 2 is 1.56 bits per heavy atom. The first-order chi connectivity index (χ1) is 15.5. The molecule has 0 aromatic heterocycles. The molecule has 1 amide bonds. The van der Waals surface area contributed by atoms with Crippen LogP contribution in [0.25, 0.3) is 5.76 Å². The van der Waals surface area contributed by atoms with Crippen molar-refractivity contribution in [2.24, 2.45) is 0 Å². The molecule has 2 aromatic rings. The number of hydrogen-bond acceptors (Lipinski definition) is 7. The summed E-state index contributed by atoms with van der Waals surface area (Å²) in [7, 11) is 6.04. The van der Waals surface area contributed by atoms with Gasteiger partial charge in [0.1, 0.15) is 28.6 Å². The fraction of sp³-hybridized carbons (Fsp3) is 0.333. The van der Waals surface area contributed by atoms with Crippen LogP contribution >= 0.6 is 0 Å². The topological polar surface area (TPSA) is 94.5 Å². The van der Waals surface area contributed by atoms with Crippen molar-refractivity contribution >= 4 is 17.4 Å². The van der Waals surface area contributed by atoms with Crippen molar-refractivity contribution in [3.8, 4) is 17.2 Å². The maximum absolute atomic E-state index is 13.1. The van der Waals surface area contributed by atoms with E-state index in [0.29, 0.717) is 35.8 Å². The van der Waals surface area contributed by atoms with Crippen molar-refractivity contribution in [3.05, 3.63) is 59.2 Å². The predicted octanol–water partition coefficient (Wildman–Crippen LogP) is 3.17. The lowest BCUT2D eigenvalue weighted by Crippen LogP contribution is -2.31. The average Bonchev–Trinajstić information content (AvgIpc) is 3.08. The minimum atomic E-state index is -0.785. The van der Waals surface area contributed by atoms with Crippen LogP contribution in [0.4, 0.5) is 0 Å². The van der Waals surface area contributed by atoms with E-state index in [2.05, 4.69) is 0 Å². The number of benzene rings is 2. The number of hydrogen-bond donors (Lipinski definition) is 1. The van der Waals surface area contributed by atoms with Crippen LogP contribution in [0.3, 0.4) is 0 Å². The molecular formula is C24H27NO7. The number of ketones is 1. The van der Waals surface area contributed by atoms with Crippen LogP contribution < -0.4 is 14.2 Å². The molecule has 1 aliphatic heterocycles. The standard InChI is InChI=1S/C24H27NO7/c1-29-14-6-13-25-21(15-9-11-16(30-2)12-10-15)20(23(27)24(25)28)22(26)19-17(31-3)7-5-8-18(19)32-4/h5,7-12,21,26H,6,13-14H2,1-4H3/b22-20+. The Morgan fingerprint density at radius 1 is 0.938 bits per heavy atom. The maximum atomic E-state index is 13.1. The highest BCUT2D eigenvalue weighted by atomic mass is 16.5. The van der Waals surface area contributed by atoms with E-state index in [0.717, 1.165) is 0 Å². The van der Waals surface area contributed by atoms with Gasteiger partial charge in [-0.25, -0.2) is 0 Å². The summed E-state index contributed by atoms with van der Waals surface area (Å²) in [5.41, 5.74) is 0.851. The number of rotatable bonds is 9. The normalized spacial score (nSPS) is 17.5. The van der Waals surface area contributed by atoms with E-state index >= 15 is 0 Å². The van der Waals surface area contributed by atoms with Gasteiger partial charge in [-0.2, -0.15) is 0 Å². The van der Waals surface area contributed by atoms with Crippen molar-refractivity contribution in [1.29, 1.82) is 0 Å². The van der Waals surface area contributed by atoms with Gasteiger partial charge < -0.3 is 29.0 Å². The van der Waals surface area contributed by atoms with Crippen molar-refractivity contribution < 1.29 is 33.6 Å². The third-order valence-electron chi connectivity index (χ3n) is 5.38. The molecule has 8 nitrogen and oxygen atoms in total. The summed E-state index contributed by atoms with van der Waals surface area (Å²) in [5, 5.41) is 11.3. The third kappa shape index (κ3) is 4.27. The van der Waals surface area contributed by atoms with Crippen LogP contribution in [0, 0.1) is 0 Å². The summed E-state index contributed by atoms with van der Waals surface area (Å²) < 4.78 is 21.1. The molecule has 8 heteroatoms. The third-order valence-corrected chi connectivity index (χ3v) is 5.38. The highest BCUT2D eigenvalue weighted by molar-refractivity contribution is 6.46. The zero-order chi connectivity index (χ0) is 23.3. The van der Waals surface area contributed by atoms with Crippen LogP contribution in [-0.2, 0) is 14.3 Å². The number of aliphatic hydroxyl groups is 1. The van der Waals surface area contributed by atoms with Gasteiger partial charge in [-0.15, -0.1) is 0 Å². The minimum absolute atomic E-state index is 0.0274. The highest BCUT2D eigenvalue weighted by Crippen LogP contribution is 2.43. The van der Waals surface area contributed by atoms with E-state index in [9.17, 15) is 14.7 Å². The molecule has 2 aromatic carbocycles. The highest BCUT2D eigenvalue weighted by Gasteiger charge is 2.46. The monoisotopic (exact) mass is 441 g/mol. The summed E-state index contributed by atoms with van der Waals surface area (Å²) >= 11 is 0. The second kappa shape index (κ2) is 10.2. The SMILES string of the molecule is COCCCN1C(=O)C(=O)/C(=C(/O)c2c(OC)cccc2OC)C1c1ccc(OC)cc1. The van der Waals surface area contributed by atoms with E-state index in [1.807, 2.05) is 0 Å². The van der Waals surface area contributed by atoms with Gasteiger partial charge in [0.05, 0.1) is 32.9 Å². The van der Waals surface area contributed by atoms with E-state index in [1.165, 1.54) is 19.1 Å². The number of aliphatic hydroxyl groups excluding tert-OH is 1. The maximum Gasteiger partial charge on any atom is 0.295 e. The first kappa shape index (κ1) is 23.1. The quantitative estimate of drug-likeness (QED) is 0.276. The number of methoxy groups -OCH3 is 4. The first-order valence-corrected chi connectivity index (χ1v) is 10.1. The lowest BCUT2D eigenvalue weighted by Gasteiger charge is -2.25. The van der Waals surface area contributed by atoms with E-state index in [4.69, 9.17) is 18.9 Å². The molecule has 1 unspecified atom stereocenters. The van der Waals surface area contributed by atoms with Crippen LogP contribution in [0.15, 0.2) is 48.0 Å². The lowest BCUT2D eigenvalue weighted by molar-refractivity contribution is -0.140.